The van der Waals surface area contributed by atoms with Crippen molar-refractivity contribution in [3.8, 4) is 0 Å². The van der Waals surface area contributed by atoms with Crippen LogP contribution in [0.15, 0.2) is 76.4 Å². The molecule has 1 aromatic carbocycles. The Balaban J connectivity index is 1.24. The number of quaternary nitrogens is 1. The predicted molar refractivity (Wildman–Crippen MR) is 130 cm³/mol. The Morgan fingerprint density at radius 1 is 1.21 bits per heavy atom. The molecule has 1 aromatic heterocycles. The van der Waals surface area contributed by atoms with E-state index in [2.05, 4.69) is 22.2 Å². The average Bonchev–Trinajstić information content (AvgIpc) is 3.16. The Hall–Kier alpha value is -3.46. The second-order valence-electron chi connectivity index (χ2n) is 9.28. The molecule has 8 nitrogen and oxygen atoms in total. The quantitative estimate of drug-likeness (QED) is 0.515. The molecule has 6 rings (SSSR count). The van der Waals surface area contributed by atoms with Crippen molar-refractivity contribution in [2.75, 3.05) is 18.5 Å². The van der Waals surface area contributed by atoms with Gasteiger partial charge in [-0.15, -0.1) is 4.59 Å². The minimum Gasteiger partial charge on any atom is -0.381 e. The second kappa shape index (κ2) is 8.09. The van der Waals surface area contributed by atoms with Crippen molar-refractivity contribution in [3.05, 3.63) is 83.1 Å². The monoisotopic (exact) mass is 455 g/mol. The van der Waals surface area contributed by atoms with Crippen LogP contribution in [0.4, 0.5) is 5.82 Å². The first kappa shape index (κ1) is 21.1. The number of amides is 1. The molecule has 1 saturated carbocycles. The number of pyridine rings is 1. The van der Waals surface area contributed by atoms with Crippen LogP contribution in [0.3, 0.4) is 0 Å². The molecule has 1 saturated heterocycles. The molecule has 3 aliphatic heterocycles. The minimum atomic E-state index is -0.201. The third-order valence-corrected chi connectivity index (χ3v) is 7.10. The number of carbonyl (C=O) groups is 1. The number of fused-ring (bicyclic) bond motifs is 2. The Labute approximate surface area is 198 Å². The lowest BCUT2D eigenvalue weighted by molar-refractivity contribution is -0.750. The average molecular weight is 456 g/mol. The van der Waals surface area contributed by atoms with Crippen LogP contribution in [0.25, 0.3) is 0 Å². The Kier molecular flexibility index (Phi) is 5.02. The molecular weight excluding hydrogens is 428 g/mol. The molecule has 0 spiro atoms. The van der Waals surface area contributed by atoms with Crippen LogP contribution < -0.4 is 11.2 Å². The number of aromatic nitrogens is 1. The molecule has 172 valence electrons. The molecule has 0 radical (unpaired) electrons. The fourth-order valence-corrected chi connectivity index (χ4v) is 5.24. The Morgan fingerprint density at radius 2 is 2.00 bits per heavy atom. The number of rotatable bonds is 6. The van der Waals surface area contributed by atoms with Gasteiger partial charge in [-0.05, 0) is 60.2 Å². The number of hydrogen-bond donors (Lipinski definition) is 2. The fraction of sp³-hybridized carbons (Fsp3) is 0.308. The van der Waals surface area contributed by atoms with Gasteiger partial charge in [0, 0.05) is 17.7 Å². The van der Waals surface area contributed by atoms with Gasteiger partial charge < -0.3 is 10.1 Å². The Bertz CT molecular complexity index is 1270. The predicted octanol–water partition coefficient (Wildman–Crippen LogP) is 3.40. The van der Waals surface area contributed by atoms with Crippen LogP contribution in [-0.2, 0) is 11.2 Å². The normalized spacial score (nSPS) is 28.5. The van der Waals surface area contributed by atoms with E-state index < -0.39 is 0 Å². The standard InChI is InChI=1S/C26H26N6O2/c1-2-3-16-8-9-29-22(12-16)30-26(33)18-6-4-17(5-7-18)25-31-24(23-19-14-34-15-20(19)23)21-13-28-10-11-32(21,25)27/h4-13,19-20,23H,2-3,14-15,27H2,1H3/p+1/t19-,20+,23-,32?. The summed E-state index contributed by atoms with van der Waals surface area (Å²) >= 11 is 0. The molecule has 3 N–H and O–H groups in total. The van der Waals surface area contributed by atoms with Gasteiger partial charge >= 0.3 is 0 Å². The van der Waals surface area contributed by atoms with Crippen LogP contribution in [0.5, 0.6) is 0 Å². The molecule has 4 aliphatic rings. The lowest BCUT2D eigenvalue weighted by Crippen LogP contribution is -2.53. The molecule has 34 heavy (non-hydrogen) atoms. The fourth-order valence-electron chi connectivity index (χ4n) is 5.24. The van der Waals surface area contributed by atoms with Crippen molar-refractivity contribution >= 4 is 23.8 Å². The van der Waals surface area contributed by atoms with Gasteiger partial charge in [0.25, 0.3) is 11.7 Å². The van der Waals surface area contributed by atoms with Gasteiger partial charge in [0.05, 0.1) is 31.2 Å². The summed E-state index contributed by atoms with van der Waals surface area (Å²) in [4.78, 5) is 26.4. The first-order valence-electron chi connectivity index (χ1n) is 11.7. The number of nitrogens with zero attached hydrogens (tertiary/aromatic N) is 4. The summed E-state index contributed by atoms with van der Waals surface area (Å²) in [5, 5.41) is 2.89. The maximum absolute atomic E-state index is 12.8. The topological polar surface area (TPSA) is 102 Å². The summed E-state index contributed by atoms with van der Waals surface area (Å²) in [7, 11) is 0. The number of ether oxygens (including phenoxy) is 1. The number of nitrogens with one attached hydrogen (secondary N) is 1. The molecule has 1 aliphatic carbocycles. The van der Waals surface area contributed by atoms with Crippen molar-refractivity contribution in [3.63, 3.8) is 0 Å². The Morgan fingerprint density at radius 3 is 2.76 bits per heavy atom. The molecule has 1 amide bonds. The number of amidine groups is 1. The smallest absolute Gasteiger partial charge is 0.264 e. The number of allylic oxidation sites excluding steroid dienone is 2. The van der Waals surface area contributed by atoms with Crippen LogP contribution in [-0.4, -0.2) is 40.7 Å². The first-order valence-corrected chi connectivity index (χ1v) is 11.7. The molecule has 1 unspecified atom stereocenters. The van der Waals surface area contributed by atoms with E-state index in [9.17, 15) is 4.79 Å². The summed E-state index contributed by atoms with van der Waals surface area (Å²) in [6.07, 6.45) is 9.10. The van der Waals surface area contributed by atoms with E-state index in [0.29, 0.717) is 29.1 Å². The van der Waals surface area contributed by atoms with Crippen LogP contribution in [0, 0.1) is 17.8 Å². The zero-order chi connectivity index (χ0) is 23.3. The van der Waals surface area contributed by atoms with Gasteiger partial charge in [-0.3, -0.25) is 9.79 Å². The van der Waals surface area contributed by atoms with Crippen LogP contribution in [0.2, 0.25) is 0 Å². The summed E-state index contributed by atoms with van der Waals surface area (Å²) in [6.45, 7) is 3.70. The SMILES string of the molecule is CCCc1ccnc(NC(=O)c2ccc(C3=NC([C@@H]4[C@@H]5COC[C@@H]54)=C4C=NC=C[N+]34N)cc2)c1. The molecule has 0 bridgehead atoms. The lowest BCUT2D eigenvalue weighted by atomic mass is 10.1. The maximum atomic E-state index is 12.8. The second-order valence-corrected chi connectivity index (χ2v) is 9.28. The van der Waals surface area contributed by atoms with Gasteiger partial charge in [0.1, 0.15) is 17.7 Å². The zero-order valence-corrected chi connectivity index (χ0v) is 19.0. The molecule has 2 aromatic rings. The summed E-state index contributed by atoms with van der Waals surface area (Å²) in [5.74, 6) is 9.35. The number of benzene rings is 1. The van der Waals surface area contributed by atoms with Gasteiger partial charge in [0.2, 0.25) is 5.70 Å². The molecule has 8 heteroatoms. The summed E-state index contributed by atoms with van der Waals surface area (Å²) < 4.78 is 5.56. The largest absolute Gasteiger partial charge is 0.381 e. The van der Waals surface area contributed by atoms with Crippen LogP contribution >= 0.6 is 0 Å². The number of aryl methyl sites for hydroxylation is 1. The van der Waals surface area contributed by atoms with Gasteiger partial charge in [-0.1, -0.05) is 13.3 Å². The third kappa shape index (κ3) is 3.42. The highest BCUT2D eigenvalue weighted by atomic mass is 16.5. The van der Waals surface area contributed by atoms with E-state index >= 15 is 0 Å². The third-order valence-electron chi connectivity index (χ3n) is 7.10. The van der Waals surface area contributed by atoms with E-state index in [-0.39, 0.29) is 10.5 Å². The zero-order valence-electron chi connectivity index (χ0n) is 19.0. The molecular formula is C26H27N6O2+. The molecule has 2 fully saturated rings. The number of aliphatic imine (C=N–C) groups is 2. The van der Waals surface area contributed by atoms with Crippen molar-refractivity contribution in [2.45, 2.75) is 19.8 Å². The molecule has 4 atom stereocenters. The lowest BCUT2D eigenvalue weighted by Gasteiger charge is -2.26. The van der Waals surface area contributed by atoms with Crippen LogP contribution in [0.1, 0.15) is 34.8 Å². The van der Waals surface area contributed by atoms with Gasteiger partial charge in [-0.25, -0.2) is 4.98 Å². The van der Waals surface area contributed by atoms with Crippen molar-refractivity contribution in [2.24, 2.45) is 33.6 Å². The number of hydrogen-bond acceptors (Lipinski definition) is 6. The van der Waals surface area contributed by atoms with Crippen molar-refractivity contribution in [1.29, 1.82) is 0 Å². The first-order chi connectivity index (χ1) is 16.6. The summed E-state index contributed by atoms with van der Waals surface area (Å²) in [6, 6.07) is 11.3. The van der Waals surface area contributed by atoms with E-state index in [0.717, 1.165) is 54.4 Å². The number of carbonyl (C=O) groups excluding carboxylic acids is 1. The number of anilines is 1. The minimum absolute atomic E-state index is 0.00465. The van der Waals surface area contributed by atoms with E-state index in [1.807, 2.05) is 36.7 Å². The molecule has 4 heterocycles. The van der Waals surface area contributed by atoms with E-state index in [4.69, 9.17) is 15.6 Å². The maximum Gasteiger partial charge on any atom is 0.264 e. The van der Waals surface area contributed by atoms with Crippen molar-refractivity contribution in [1.82, 2.24) is 4.98 Å². The van der Waals surface area contributed by atoms with Gasteiger partial charge in [0.15, 0.2) is 0 Å². The van der Waals surface area contributed by atoms with Crippen molar-refractivity contribution < 1.29 is 14.1 Å². The summed E-state index contributed by atoms with van der Waals surface area (Å²) in [5.41, 5.74) is 4.51. The highest BCUT2D eigenvalue weighted by Crippen LogP contribution is 2.57. The van der Waals surface area contributed by atoms with Gasteiger partial charge in [-0.2, -0.15) is 10.8 Å². The number of nitrogens with two attached hydrogens (primary N) is 1. The highest BCUT2D eigenvalue weighted by molar-refractivity contribution is 6.05. The van der Waals surface area contributed by atoms with E-state index in [1.165, 1.54) is 0 Å². The van der Waals surface area contributed by atoms with E-state index in [1.54, 1.807) is 24.5 Å². The highest BCUT2D eigenvalue weighted by Gasteiger charge is 2.60.